The first kappa shape index (κ1) is 19.2. The molecule has 0 saturated carbocycles. The standard InChI is InChI=1S/C22H29N3O2/c1-22(2,3)19-7-5-17(6-8-19)15-20(26)24-11-4-12-25(14-13-24)21(27)18-9-10-23-16-18/h5-10,16,23H,4,11-15H2,1-3H3. The molecule has 1 fully saturated rings. The van der Waals surface area contributed by atoms with E-state index in [-0.39, 0.29) is 17.2 Å². The number of aromatic nitrogens is 1. The van der Waals surface area contributed by atoms with Gasteiger partial charge in [-0.1, -0.05) is 45.0 Å². The van der Waals surface area contributed by atoms with Crippen molar-refractivity contribution in [2.75, 3.05) is 26.2 Å². The molecule has 0 atom stereocenters. The van der Waals surface area contributed by atoms with Crippen LogP contribution in [0.5, 0.6) is 0 Å². The molecule has 1 aliphatic heterocycles. The van der Waals surface area contributed by atoms with Gasteiger partial charge in [0.15, 0.2) is 0 Å². The molecule has 5 nitrogen and oxygen atoms in total. The first-order valence-electron chi connectivity index (χ1n) is 9.64. The Labute approximate surface area is 161 Å². The molecule has 1 saturated heterocycles. The van der Waals surface area contributed by atoms with Gasteiger partial charge < -0.3 is 14.8 Å². The number of carbonyl (C=O) groups is 2. The highest BCUT2D eigenvalue weighted by molar-refractivity contribution is 5.94. The van der Waals surface area contributed by atoms with Gasteiger partial charge in [-0.2, -0.15) is 0 Å². The average Bonchev–Trinajstić information content (AvgIpc) is 3.05. The van der Waals surface area contributed by atoms with Crippen LogP contribution in [0.3, 0.4) is 0 Å². The molecule has 3 rings (SSSR count). The molecule has 0 spiro atoms. The van der Waals surface area contributed by atoms with Gasteiger partial charge in [-0.3, -0.25) is 9.59 Å². The van der Waals surface area contributed by atoms with Crippen molar-refractivity contribution in [3.05, 3.63) is 59.4 Å². The summed E-state index contributed by atoms with van der Waals surface area (Å²) in [6.45, 7) is 9.12. The SMILES string of the molecule is CC(C)(C)c1ccc(CC(=O)N2CCCN(C(=O)c3cc[nH]c3)CC2)cc1. The van der Waals surface area contributed by atoms with Crippen molar-refractivity contribution in [1.29, 1.82) is 0 Å². The number of H-pyrrole nitrogens is 1. The third-order valence-electron chi connectivity index (χ3n) is 5.16. The molecular formula is C22H29N3O2. The largest absolute Gasteiger partial charge is 0.367 e. The highest BCUT2D eigenvalue weighted by Gasteiger charge is 2.23. The zero-order valence-corrected chi connectivity index (χ0v) is 16.5. The van der Waals surface area contributed by atoms with E-state index in [1.54, 1.807) is 18.5 Å². The number of amides is 2. The summed E-state index contributed by atoms with van der Waals surface area (Å²) in [5, 5.41) is 0. The third kappa shape index (κ3) is 4.79. The van der Waals surface area contributed by atoms with Gasteiger partial charge in [-0.05, 0) is 29.0 Å². The predicted octanol–water partition coefficient (Wildman–Crippen LogP) is 3.23. The monoisotopic (exact) mass is 367 g/mol. The summed E-state index contributed by atoms with van der Waals surface area (Å²) in [6.07, 6.45) is 4.70. The highest BCUT2D eigenvalue weighted by atomic mass is 16.2. The zero-order valence-electron chi connectivity index (χ0n) is 16.5. The molecule has 0 bridgehead atoms. The van der Waals surface area contributed by atoms with Crippen molar-refractivity contribution in [1.82, 2.24) is 14.8 Å². The summed E-state index contributed by atoms with van der Waals surface area (Å²) < 4.78 is 0. The minimum Gasteiger partial charge on any atom is -0.367 e. The molecule has 1 aromatic carbocycles. The normalized spacial score (nSPS) is 15.5. The molecular weight excluding hydrogens is 338 g/mol. The molecule has 1 aliphatic rings. The minimum absolute atomic E-state index is 0.0309. The third-order valence-corrected chi connectivity index (χ3v) is 5.16. The fraction of sp³-hybridized carbons (Fsp3) is 0.455. The molecule has 27 heavy (non-hydrogen) atoms. The summed E-state index contributed by atoms with van der Waals surface area (Å²) in [5.41, 5.74) is 3.10. The van der Waals surface area contributed by atoms with E-state index < -0.39 is 0 Å². The zero-order chi connectivity index (χ0) is 19.4. The second-order valence-electron chi connectivity index (χ2n) is 8.25. The van der Waals surface area contributed by atoms with Crippen molar-refractivity contribution in [3.8, 4) is 0 Å². The van der Waals surface area contributed by atoms with Gasteiger partial charge in [0.1, 0.15) is 0 Å². The number of hydrogen-bond donors (Lipinski definition) is 1. The number of rotatable bonds is 3. The van der Waals surface area contributed by atoms with Crippen LogP contribution in [-0.2, 0) is 16.6 Å². The van der Waals surface area contributed by atoms with Crippen LogP contribution >= 0.6 is 0 Å². The number of carbonyl (C=O) groups excluding carboxylic acids is 2. The van der Waals surface area contributed by atoms with Gasteiger partial charge in [-0.15, -0.1) is 0 Å². The molecule has 5 heteroatoms. The predicted molar refractivity (Wildman–Crippen MR) is 107 cm³/mol. The van der Waals surface area contributed by atoms with Gasteiger partial charge in [0.05, 0.1) is 12.0 Å². The Morgan fingerprint density at radius 2 is 1.63 bits per heavy atom. The van der Waals surface area contributed by atoms with E-state index in [0.717, 1.165) is 12.0 Å². The van der Waals surface area contributed by atoms with E-state index in [1.807, 2.05) is 9.80 Å². The van der Waals surface area contributed by atoms with Crippen molar-refractivity contribution in [2.24, 2.45) is 0 Å². The molecule has 1 N–H and O–H groups in total. The second-order valence-corrected chi connectivity index (χ2v) is 8.25. The maximum Gasteiger partial charge on any atom is 0.255 e. The van der Waals surface area contributed by atoms with Gasteiger partial charge in [0, 0.05) is 38.6 Å². The number of nitrogens with zero attached hydrogens (tertiary/aromatic N) is 2. The van der Waals surface area contributed by atoms with E-state index in [9.17, 15) is 9.59 Å². The second kappa shape index (κ2) is 7.99. The van der Waals surface area contributed by atoms with Gasteiger partial charge in [0.25, 0.3) is 5.91 Å². The van der Waals surface area contributed by atoms with Crippen molar-refractivity contribution < 1.29 is 9.59 Å². The molecule has 0 unspecified atom stereocenters. The Hall–Kier alpha value is -2.56. The molecule has 1 aromatic heterocycles. The molecule has 144 valence electrons. The average molecular weight is 367 g/mol. The smallest absolute Gasteiger partial charge is 0.255 e. The maximum atomic E-state index is 12.7. The number of hydrogen-bond acceptors (Lipinski definition) is 2. The first-order valence-corrected chi connectivity index (χ1v) is 9.64. The van der Waals surface area contributed by atoms with E-state index in [1.165, 1.54) is 5.56 Å². The number of benzene rings is 1. The van der Waals surface area contributed by atoms with E-state index in [4.69, 9.17) is 0 Å². The van der Waals surface area contributed by atoms with Crippen molar-refractivity contribution in [3.63, 3.8) is 0 Å². The van der Waals surface area contributed by atoms with Crippen LogP contribution in [-0.4, -0.2) is 52.8 Å². The van der Waals surface area contributed by atoms with E-state index in [2.05, 4.69) is 50.0 Å². The Balaban J connectivity index is 1.57. The van der Waals surface area contributed by atoms with Gasteiger partial charge in [0.2, 0.25) is 5.91 Å². The molecule has 0 aliphatic carbocycles. The van der Waals surface area contributed by atoms with Crippen molar-refractivity contribution >= 4 is 11.8 Å². The lowest BCUT2D eigenvalue weighted by atomic mass is 9.86. The summed E-state index contributed by atoms with van der Waals surface area (Å²) in [7, 11) is 0. The fourth-order valence-corrected chi connectivity index (χ4v) is 3.42. The first-order chi connectivity index (χ1) is 12.8. The van der Waals surface area contributed by atoms with Crippen LogP contribution in [0, 0.1) is 0 Å². The quantitative estimate of drug-likeness (QED) is 0.905. The summed E-state index contributed by atoms with van der Waals surface area (Å²) in [5.74, 6) is 0.165. The van der Waals surface area contributed by atoms with Crippen molar-refractivity contribution in [2.45, 2.75) is 39.0 Å². The summed E-state index contributed by atoms with van der Waals surface area (Å²) in [4.78, 5) is 31.9. The maximum absolute atomic E-state index is 12.7. The number of aromatic amines is 1. The molecule has 0 radical (unpaired) electrons. The van der Waals surface area contributed by atoms with Crippen LogP contribution in [0.4, 0.5) is 0 Å². The Morgan fingerprint density at radius 3 is 2.26 bits per heavy atom. The van der Waals surface area contributed by atoms with Gasteiger partial charge in [-0.25, -0.2) is 0 Å². The summed E-state index contributed by atoms with van der Waals surface area (Å²) in [6, 6.07) is 10.1. The van der Waals surface area contributed by atoms with Crippen LogP contribution < -0.4 is 0 Å². The minimum atomic E-state index is 0.0309. The number of nitrogens with one attached hydrogen (secondary N) is 1. The molecule has 2 amide bonds. The molecule has 2 aromatic rings. The van der Waals surface area contributed by atoms with Crippen LogP contribution in [0.25, 0.3) is 0 Å². The highest BCUT2D eigenvalue weighted by Crippen LogP contribution is 2.22. The van der Waals surface area contributed by atoms with Crippen LogP contribution in [0.1, 0.15) is 48.7 Å². The Morgan fingerprint density at radius 1 is 0.963 bits per heavy atom. The lowest BCUT2D eigenvalue weighted by molar-refractivity contribution is -0.130. The fourth-order valence-electron chi connectivity index (χ4n) is 3.42. The lowest BCUT2D eigenvalue weighted by Gasteiger charge is -2.22. The van der Waals surface area contributed by atoms with E-state index >= 15 is 0 Å². The van der Waals surface area contributed by atoms with E-state index in [0.29, 0.717) is 38.2 Å². The Kier molecular flexibility index (Phi) is 5.68. The topological polar surface area (TPSA) is 56.4 Å². The lowest BCUT2D eigenvalue weighted by Crippen LogP contribution is -2.37. The van der Waals surface area contributed by atoms with Crippen LogP contribution in [0.2, 0.25) is 0 Å². The van der Waals surface area contributed by atoms with Gasteiger partial charge >= 0.3 is 0 Å². The summed E-state index contributed by atoms with van der Waals surface area (Å²) >= 11 is 0. The van der Waals surface area contributed by atoms with Crippen LogP contribution in [0.15, 0.2) is 42.7 Å². The Bertz CT molecular complexity index is 773. The molecule has 2 heterocycles.